The van der Waals surface area contributed by atoms with Crippen LogP contribution in [0.5, 0.6) is 0 Å². The summed E-state index contributed by atoms with van der Waals surface area (Å²) in [6, 6.07) is 0. The van der Waals surface area contributed by atoms with Gasteiger partial charge in [-0.1, -0.05) is 31.1 Å². The number of nitrogens with zero attached hydrogens (tertiary/aromatic N) is 3. The first kappa shape index (κ1) is 13.1. The largest absolute Gasteiger partial charge is 0.393 e. The summed E-state index contributed by atoms with van der Waals surface area (Å²) in [5, 5.41) is 16.7. The molecule has 4 heteroatoms. The third kappa shape index (κ3) is 12.1. The summed E-state index contributed by atoms with van der Waals surface area (Å²) in [4.78, 5) is 0. The summed E-state index contributed by atoms with van der Waals surface area (Å²) in [7, 11) is 0. The Morgan fingerprint density at radius 3 is 2.80 bits per heavy atom. The van der Waals surface area contributed by atoms with E-state index in [2.05, 4.69) is 34.4 Å². The summed E-state index contributed by atoms with van der Waals surface area (Å²) in [6.07, 6.45) is 11.6. The lowest BCUT2D eigenvalue weighted by atomic mass is 10.3. The molecule has 0 aliphatic rings. The van der Waals surface area contributed by atoms with Gasteiger partial charge in [-0.15, -0.1) is 11.0 Å². The zero-order valence-electron chi connectivity index (χ0n) is 8.80. The Balaban J connectivity index is 3.59. The van der Waals surface area contributed by atoms with Crippen molar-refractivity contribution in [1.29, 1.82) is 0 Å². The topological polar surface area (TPSA) is 57.3 Å². The second kappa shape index (κ2) is 12.1. The Morgan fingerprint density at radius 1 is 1.20 bits per heavy atom. The van der Waals surface area contributed by atoms with Crippen molar-refractivity contribution >= 4 is 6.21 Å². The fraction of sp³-hybridized carbons (Fsp3) is 0.364. The van der Waals surface area contributed by atoms with Crippen molar-refractivity contribution in [2.45, 2.75) is 26.2 Å². The van der Waals surface area contributed by atoms with Crippen molar-refractivity contribution in [1.82, 2.24) is 0 Å². The highest BCUT2D eigenvalue weighted by atomic mass is 16.5. The lowest BCUT2D eigenvalue weighted by molar-refractivity contribution is 0.282. The molecule has 0 aliphatic carbocycles. The van der Waals surface area contributed by atoms with Crippen molar-refractivity contribution in [2.24, 2.45) is 15.6 Å². The SMILES string of the molecule is CCCC#CC/C=C/C=C/C=N/N=N/O. The average Bonchev–Trinajstić information content (AvgIpc) is 2.26. The van der Waals surface area contributed by atoms with Crippen LogP contribution in [0.25, 0.3) is 0 Å². The Morgan fingerprint density at radius 2 is 2.07 bits per heavy atom. The standard InChI is InChI=1S/C11H15N3O/c1-2-3-4-5-6-7-8-9-10-11-12-13-14-15/h7-11H,2-3,6H2,1H3,(H,13,15)/b8-7+,10-9+,12-11+. The van der Waals surface area contributed by atoms with Crippen LogP contribution in [0.2, 0.25) is 0 Å². The molecule has 0 spiro atoms. The number of rotatable bonds is 5. The van der Waals surface area contributed by atoms with E-state index in [4.69, 9.17) is 5.21 Å². The van der Waals surface area contributed by atoms with E-state index in [1.165, 1.54) is 6.21 Å². The summed E-state index contributed by atoms with van der Waals surface area (Å²) >= 11 is 0. The highest BCUT2D eigenvalue weighted by Crippen LogP contribution is 1.85. The van der Waals surface area contributed by atoms with E-state index in [0.717, 1.165) is 19.3 Å². The summed E-state index contributed by atoms with van der Waals surface area (Å²) in [6.45, 7) is 2.11. The molecule has 0 bridgehead atoms. The number of unbranched alkanes of at least 4 members (excludes halogenated alkanes) is 1. The second-order valence-electron chi connectivity index (χ2n) is 2.56. The van der Waals surface area contributed by atoms with Crippen molar-refractivity contribution in [3.8, 4) is 11.8 Å². The minimum Gasteiger partial charge on any atom is -0.393 e. The molecule has 0 radical (unpaired) electrons. The van der Waals surface area contributed by atoms with Crippen LogP contribution in [-0.2, 0) is 0 Å². The van der Waals surface area contributed by atoms with Gasteiger partial charge in [0, 0.05) is 18.1 Å². The van der Waals surface area contributed by atoms with Gasteiger partial charge in [0.15, 0.2) is 0 Å². The predicted molar refractivity (Wildman–Crippen MR) is 60.7 cm³/mol. The third-order valence-corrected chi connectivity index (χ3v) is 1.32. The number of hydrogen-bond donors (Lipinski definition) is 1. The van der Waals surface area contributed by atoms with Crippen LogP contribution in [0.3, 0.4) is 0 Å². The van der Waals surface area contributed by atoms with Gasteiger partial charge >= 0.3 is 0 Å². The first-order valence-corrected chi connectivity index (χ1v) is 4.76. The molecule has 0 aromatic rings. The Bertz CT molecular complexity index is 306. The van der Waals surface area contributed by atoms with Crippen LogP contribution < -0.4 is 0 Å². The summed E-state index contributed by atoms with van der Waals surface area (Å²) in [5.41, 5.74) is 0. The number of hydrogen-bond acceptors (Lipinski definition) is 2. The molecule has 0 aromatic heterocycles. The van der Waals surface area contributed by atoms with Crippen LogP contribution in [0.1, 0.15) is 26.2 Å². The molecule has 0 unspecified atom stereocenters. The highest BCUT2D eigenvalue weighted by molar-refractivity contribution is 5.71. The van der Waals surface area contributed by atoms with Crippen LogP contribution in [0, 0.1) is 11.8 Å². The molecule has 15 heavy (non-hydrogen) atoms. The van der Waals surface area contributed by atoms with Crippen molar-refractivity contribution in [2.75, 3.05) is 0 Å². The molecule has 0 saturated heterocycles. The van der Waals surface area contributed by atoms with Crippen molar-refractivity contribution < 1.29 is 5.21 Å². The molecule has 0 atom stereocenters. The summed E-state index contributed by atoms with van der Waals surface area (Å²) < 4.78 is 0. The molecule has 0 saturated carbocycles. The van der Waals surface area contributed by atoms with Gasteiger partial charge < -0.3 is 5.21 Å². The van der Waals surface area contributed by atoms with Crippen LogP contribution >= 0.6 is 0 Å². The van der Waals surface area contributed by atoms with Gasteiger partial charge in [-0.2, -0.15) is 0 Å². The van der Waals surface area contributed by atoms with Crippen molar-refractivity contribution in [3.63, 3.8) is 0 Å². The molecule has 4 nitrogen and oxygen atoms in total. The molecule has 1 N–H and O–H groups in total. The molecule has 80 valence electrons. The Hall–Kier alpha value is -1.89. The predicted octanol–water partition coefficient (Wildman–Crippen LogP) is 3.12. The maximum absolute atomic E-state index is 7.90. The minimum atomic E-state index is 0.762. The van der Waals surface area contributed by atoms with E-state index >= 15 is 0 Å². The van der Waals surface area contributed by atoms with Gasteiger partial charge in [0.05, 0.1) is 6.21 Å². The highest BCUT2D eigenvalue weighted by Gasteiger charge is 1.70. The monoisotopic (exact) mass is 205 g/mol. The van der Waals surface area contributed by atoms with E-state index in [1.54, 1.807) is 12.2 Å². The molecule has 0 fully saturated rings. The van der Waals surface area contributed by atoms with Crippen LogP contribution in [0.4, 0.5) is 0 Å². The Labute approximate surface area is 90.1 Å². The molecule has 0 amide bonds. The smallest absolute Gasteiger partial charge is 0.0514 e. The van der Waals surface area contributed by atoms with E-state index in [1.807, 2.05) is 12.2 Å². The first-order valence-electron chi connectivity index (χ1n) is 4.76. The fourth-order valence-corrected chi connectivity index (χ4v) is 0.696. The van der Waals surface area contributed by atoms with E-state index in [-0.39, 0.29) is 0 Å². The zero-order valence-corrected chi connectivity index (χ0v) is 8.80. The zero-order chi connectivity index (χ0) is 11.2. The molecule has 0 aliphatic heterocycles. The average molecular weight is 205 g/mol. The molecular formula is C11H15N3O. The maximum atomic E-state index is 7.90. The van der Waals surface area contributed by atoms with Gasteiger partial charge in [-0.05, 0) is 17.7 Å². The second-order valence-corrected chi connectivity index (χ2v) is 2.56. The van der Waals surface area contributed by atoms with Gasteiger partial charge in [0.2, 0.25) is 0 Å². The normalized spacial score (nSPS) is 11.8. The number of allylic oxidation sites excluding steroid dienone is 4. The molecule has 0 heterocycles. The van der Waals surface area contributed by atoms with Gasteiger partial charge in [-0.3, -0.25) is 0 Å². The summed E-state index contributed by atoms with van der Waals surface area (Å²) in [5.74, 6) is 6.07. The van der Waals surface area contributed by atoms with Gasteiger partial charge in [0.1, 0.15) is 0 Å². The quantitative estimate of drug-likeness (QED) is 0.242. The third-order valence-electron chi connectivity index (χ3n) is 1.32. The molecule has 0 aromatic carbocycles. The lowest BCUT2D eigenvalue weighted by Crippen LogP contribution is -1.63. The molecular weight excluding hydrogens is 190 g/mol. The van der Waals surface area contributed by atoms with Crippen LogP contribution in [0.15, 0.2) is 39.9 Å². The minimum absolute atomic E-state index is 0.762. The van der Waals surface area contributed by atoms with Crippen molar-refractivity contribution in [3.05, 3.63) is 24.3 Å². The van der Waals surface area contributed by atoms with E-state index < -0.39 is 0 Å². The Kier molecular flexibility index (Phi) is 10.6. The first-order chi connectivity index (χ1) is 7.41. The lowest BCUT2D eigenvalue weighted by Gasteiger charge is -1.77. The van der Waals surface area contributed by atoms with E-state index in [0.29, 0.717) is 0 Å². The molecule has 0 rings (SSSR count). The fourth-order valence-electron chi connectivity index (χ4n) is 0.696. The maximum Gasteiger partial charge on any atom is 0.0514 e. The van der Waals surface area contributed by atoms with Crippen LogP contribution in [-0.4, -0.2) is 11.4 Å². The van der Waals surface area contributed by atoms with Gasteiger partial charge in [0.25, 0.3) is 0 Å². The van der Waals surface area contributed by atoms with Gasteiger partial charge in [-0.25, -0.2) is 0 Å². The van der Waals surface area contributed by atoms with E-state index in [9.17, 15) is 0 Å².